The zero-order chi connectivity index (χ0) is 15.2. The van der Waals surface area contributed by atoms with E-state index in [1.54, 1.807) is 6.07 Å². The normalized spacial score (nSPS) is 16.6. The second-order valence-electron chi connectivity index (χ2n) is 6.54. The number of hydrogen-bond acceptors (Lipinski definition) is 3. The van der Waals surface area contributed by atoms with Crippen molar-refractivity contribution in [1.29, 1.82) is 0 Å². The van der Waals surface area contributed by atoms with Gasteiger partial charge in [0.05, 0.1) is 5.69 Å². The summed E-state index contributed by atoms with van der Waals surface area (Å²) in [5.41, 5.74) is 2.71. The van der Waals surface area contributed by atoms with Crippen molar-refractivity contribution in [3.8, 4) is 5.69 Å². The number of rotatable bonds is 1. The molecule has 2 aromatic rings. The first kappa shape index (κ1) is 13.7. The van der Waals surface area contributed by atoms with Gasteiger partial charge in [-0.2, -0.15) is 9.78 Å². The monoisotopic (exact) mass is 282 g/mol. The lowest BCUT2D eigenvalue weighted by molar-refractivity contribution is 0.0903. The van der Waals surface area contributed by atoms with Gasteiger partial charge in [0.15, 0.2) is 5.78 Å². The van der Waals surface area contributed by atoms with E-state index in [0.717, 1.165) is 11.1 Å². The second-order valence-corrected chi connectivity index (χ2v) is 6.54. The lowest BCUT2D eigenvalue weighted by Crippen LogP contribution is -2.33. The van der Waals surface area contributed by atoms with Crippen molar-refractivity contribution in [3.05, 3.63) is 57.5 Å². The number of carbonyl (C=O) groups excluding carboxylic acids is 1. The van der Waals surface area contributed by atoms with Gasteiger partial charge < -0.3 is 0 Å². The van der Waals surface area contributed by atoms with Crippen molar-refractivity contribution in [2.24, 2.45) is 5.41 Å². The molecule has 0 atom stereocenters. The van der Waals surface area contributed by atoms with Gasteiger partial charge >= 0.3 is 0 Å². The molecule has 4 heteroatoms. The highest BCUT2D eigenvalue weighted by Gasteiger charge is 2.32. The van der Waals surface area contributed by atoms with Gasteiger partial charge in [0.1, 0.15) is 5.69 Å². The maximum absolute atomic E-state index is 12.3. The Morgan fingerprint density at radius 2 is 1.76 bits per heavy atom. The van der Waals surface area contributed by atoms with Crippen LogP contribution in [0.1, 0.15) is 41.9 Å². The fourth-order valence-electron chi connectivity index (χ4n) is 2.83. The van der Waals surface area contributed by atoms with Gasteiger partial charge in [-0.3, -0.25) is 9.59 Å². The highest BCUT2D eigenvalue weighted by Crippen LogP contribution is 2.33. The fourth-order valence-corrected chi connectivity index (χ4v) is 2.83. The summed E-state index contributed by atoms with van der Waals surface area (Å²) >= 11 is 0. The van der Waals surface area contributed by atoms with Crippen LogP contribution < -0.4 is 5.56 Å². The Morgan fingerprint density at radius 3 is 2.43 bits per heavy atom. The van der Waals surface area contributed by atoms with E-state index < -0.39 is 0 Å². The first-order chi connectivity index (χ1) is 9.85. The highest BCUT2D eigenvalue weighted by molar-refractivity contribution is 5.97. The SMILES string of the molecule is Cc1ccc(-n2nc3c(cc2=O)CC(C)(C)CC3=O)cc1. The molecule has 1 aliphatic carbocycles. The van der Waals surface area contributed by atoms with E-state index in [1.165, 1.54) is 4.68 Å². The average molecular weight is 282 g/mol. The van der Waals surface area contributed by atoms with Gasteiger partial charge in [-0.05, 0) is 36.5 Å². The third kappa shape index (κ3) is 2.53. The van der Waals surface area contributed by atoms with Gasteiger partial charge in [-0.25, -0.2) is 0 Å². The Bertz CT molecular complexity index is 770. The molecule has 1 aromatic heterocycles. The molecule has 0 saturated heterocycles. The van der Waals surface area contributed by atoms with Crippen LogP contribution in [0.2, 0.25) is 0 Å². The minimum absolute atomic E-state index is 0.0158. The summed E-state index contributed by atoms with van der Waals surface area (Å²) in [7, 11) is 0. The van der Waals surface area contributed by atoms with Crippen LogP contribution in [0.5, 0.6) is 0 Å². The third-order valence-corrected chi connectivity index (χ3v) is 3.86. The molecule has 0 fully saturated rings. The quantitative estimate of drug-likeness (QED) is 0.808. The smallest absolute Gasteiger partial charge is 0.271 e. The number of benzene rings is 1. The topological polar surface area (TPSA) is 52.0 Å². The van der Waals surface area contributed by atoms with Crippen molar-refractivity contribution in [2.45, 2.75) is 33.6 Å². The molecule has 0 unspecified atom stereocenters. The molecule has 0 aliphatic heterocycles. The number of fused-ring (bicyclic) bond motifs is 1. The zero-order valence-electron chi connectivity index (χ0n) is 12.5. The number of carbonyl (C=O) groups is 1. The summed E-state index contributed by atoms with van der Waals surface area (Å²) in [6.45, 7) is 6.07. The van der Waals surface area contributed by atoms with Crippen LogP contribution in [0.25, 0.3) is 5.69 Å². The predicted molar refractivity (Wildman–Crippen MR) is 81.0 cm³/mol. The number of ketones is 1. The van der Waals surface area contributed by atoms with Crippen molar-refractivity contribution >= 4 is 5.78 Å². The van der Waals surface area contributed by atoms with E-state index >= 15 is 0 Å². The number of Topliss-reactive ketones (excluding diaryl/α,β-unsaturated/α-hetero) is 1. The summed E-state index contributed by atoms with van der Waals surface area (Å²) in [6.07, 6.45) is 1.18. The molecule has 1 aliphatic rings. The van der Waals surface area contributed by atoms with E-state index in [4.69, 9.17) is 0 Å². The summed E-state index contributed by atoms with van der Waals surface area (Å²) in [6, 6.07) is 9.09. The van der Waals surface area contributed by atoms with Crippen LogP contribution in [-0.2, 0) is 6.42 Å². The summed E-state index contributed by atoms with van der Waals surface area (Å²) < 4.78 is 1.31. The molecule has 0 N–H and O–H groups in total. The lowest BCUT2D eigenvalue weighted by Gasteiger charge is -2.29. The minimum Gasteiger partial charge on any atom is -0.292 e. The number of aryl methyl sites for hydroxylation is 1. The Hall–Kier alpha value is -2.23. The van der Waals surface area contributed by atoms with Gasteiger partial charge in [0.25, 0.3) is 5.56 Å². The van der Waals surface area contributed by atoms with Crippen LogP contribution in [0.4, 0.5) is 0 Å². The molecule has 21 heavy (non-hydrogen) atoms. The zero-order valence-corrected chi connectivity index (χ0v) is 12.5. The lowest BCUT2D eigenvalue weighted by atomic mass is 9.75. The van der Waals surface area contributed by atoms with E-state index in [0.29, 0.717) is 24.2 Å². The van der Waals surface area contributed by atoms with Crippen LogP contribution in [0.15, 0.2) is 35.1 Å². The summed E-state index contributed by atoms with van der Waals surface area (Å²) in [4.78, 5) is 24.6. The fraction of sp³-hybridized carbons (Fsp3) is 0.353. The van der Waals surface area contributed by atoms with E-state index in [2.05, 4.69) is 5.10 Å². The van der Waals surface area contributed by atoms with E-state index in [-0.39, 0.29) is 16.8 Å². The first-order valence-electron chi connectivity index (χ1n) is 7.09. The van der Waals surface area contributed by atoms with Gasteiger partial charge in [0, 0.05) is 12.5 Å². The van der Waals surface area contributed by atoms with Crippen molar-refractivity contribution < 1.29 is 4.79 Å². The standard InChI is InChI=1S/C17H18N2O2/c1-11-4-6-13(7-5-11)19-15(21)8-12-9-17(2,3)10-14(20)16(12)18-19/h4-8H,9-10H2,1-3H3. The van der Waals surface area contributed by atoms with Crippen molar-refractivity contribution in [3.63, 3.8) is 0 Å². The second kappa shape index (κ2) is 4.65. The number of hydrogen-bond donors (Lipinski definition) is 0. The molecule has 0 spiro atoms. The average Bonchev–Trinajstić information content (AvgIpc) is 2.38. The molecule has 3 rings (SSSR count). The van der Waals surface area contributed by atoms with Gasteiger partial charge in [0.2, 0.25) is 0 Å². The Balaban J connectivity index is 2.14. The van der Waals surface area contributed by atoms with Crippen LogP contribution >= 0.6 is 0 Å². The largest absolute Gasteiger partial charge is 0.292 e. The molecule has 108 valence electrons. The van der Waals surface area contributed by atoms with Gasteiger partial charge in [-0.15, -0.1) is 0 Å². The summed E-state index contributed by atoms with van der Waals surface area (Å²) in [5.74, 6) is 0.0158. The van der Waals surface area contributed by atoms with E-state index in [9.17, 15) is 9.59 Å². The molecule has 0 bridgehead atoms. The van der Waals surface area contributed by atoms with Crippen LogP contribution in [0, 0.1) is 12.3 Å². The predicted octanol–water partition coefficient (Wildman–Crippen LogP) is 2.70. The van der Waals surface area contributed by atoms with Crippen molar-refractivity contribution in [1.82, 2.24) is 9.78 Å². The molecule has 0 saturated carbocycles. The molecule has 1 aromatic carbocycles. The van der Waals surface area contributed by atoms with Gasteiger partial charge in [-0.1, -0.05) is 31.5 Å². The molecule has 1 heterocycles. The number of nitrogens with zero attached hydrogens (tertiary/aromatic N) is 2. The maximum Gasteiger partial charge on any atom is 0.271 e. The third-order valence-electron chi connectivity index (χ3n) is 3.86. The first-order valence-corrected chi connectivity index (χ1v) is 7.09. The van der Waals surface area contributed by atoms with Crippen molar-refractivity contribution in [2.75, 3.05) is 0 Å². The Kier molecular flexibility index (Phi) is 3.04. The van der Waals surface area contributed by atoms with Crippen LogP contribution in [-0.4, -0.2) is 15.6 Å². The van der Waals surface area contributed by atoms with Crippen LogP contribution in [0.3, 0.4) is 0 Å². The molecular weight excluding hydrogens is 264 g/mol. The molecular formula is C17H18N2O2. The maximum atomic E-state index is 12.3. The summed E-state index contributed by atoms with van der Waals surface area (Å²) in [5, 5.41) is 4.31. The molecule has 0 radical (unpaired) electrons. The molecule has 0 amide bonds. The Labute approximate surface area is 123 Å². The minimum atomic E-state index is -0.192. The highest BCUT2D eigenvalue weighted by atomic mass is 16.1. The Morgan fingerprint density at radius 1 is 1.10 bits per heavy atom. The molecule has 4 nitrogen and oxygen atoms in total. The van der Waals surface area contributed by atoms with E-state index in [1.807, 2.05) is 45.0 Å². The number of aromatic nitrogens is 2.